The Kier molecular flexibility index (Phi) is 7.95. The van der Waals surface area contributed by atoms with Gasteiger partial charge in [-0.1, -0.05) is 25.1 Å². The number of rotatable bonds is 9. The molecule has 0 radical (unpaired) electrons. The van der Waals surface area contributed by atoms with Crippen LogP contribution >= 0.6 is 0 Å². The lowest BCUT2D eigenvalue weighted by Crippen LogP contribution is -2.36. The summed E-state index contributed by atoms with van der Waals surface area (Å²) < 4.78 is 11.2. The Morgan fingerprint density at radius 3 is 2.56 bits per heavy atom. The van der Waals surface area contributed by atoms with E-state index in [-0.39, 0.29) is 17.7 Å². The van der Waals surface area contributed by atoms with Crippen LogP contribution in [0.25, 0.3) is 0 Å². The minimum absolute atomic E-state index is 0.0176. The quantitative estimate of drug-likeness (QED) is 0.464. The lowest BCUT2D eigenvalue weighted by atomic mass is 9.89. The molecule has 0 bridgehead atoms. The Hall–Kier alpha value is -4.20. The maximum atomic E-state index is 12.9. The summed E-state index contributed by atoms with van der Waals surface area (Å²) in [5.74, 6) is 1.05. The number of methoxy groups -OCH3 is 1. The van der Waals surface area contributed by atoms with Crippen molar-refractivity contribution in [3.8, 4) is 11.5 Å². The van der Waals surface area contributed by atoms with Crippen LogP contribution in [0.15, 0.2) is 72.0 Å². The molecule has 2 amide bonds. The summed E-state index contributed by atoms with van der Waals surface area (Å²) in [4.78, 5) is 29.3. The average Bonchev–Trinajstić information content (AvgIpc) is 2.91. The lowest BCUT2D eigenvalue weighted by Gasteiger charge is -2.29. The van der Waals surface area contributed by atoms with Crippen molar-refractivity contribution < 1.29 is 19.1 Å². The second-order valence-electron chi connectivity index (χ2n) is 8.41. The van der Waals surface area contributed by atoms with E-state index in [4.69, 9.17) is 14.6 Å². The molecular formula is C28H30N4O4. The number of aromatic nitrogens is 1. The number of amides is 2. The van der Waals surface area contributed by atoms with Crippen molar-refractivity contribution >= 4 is 23.2 Å². The molecule has 0 aliphatic carbocycles. The molecule has 3 aromatic rings. The number of benzene rings is 2. The third kappa shape index (κ3) is 5.71. The number of nitrogens with one attached hydrogen (secondary N) is 1. The van der Waals surface area contributed by atoms with E-state index >= 15 is 0 Å². The van der Waals surface area contributed by atoms with Crippen LogP contribution in [0.5, 0.6) is 11.5 Å². The monoisotopic (exact) mass is 486 g/mol. The highest BCUT2D eigenvalue weighted by atomic mass is 16.5. The Bertz CT molecular complexity index is 1240. The number of hydrogen-bond donors (Lipinski definition) is 1. The fourth-order valence-electron chi connectivity index (χ4n) is 4.10. The normalized spacial score (nSPS) is 15.3. The van der Waals surface area contributed by atoms with E-state index in [9.17, 15) is 9.59 Å². The summed E-state index contributed by atoms with van der Waals surface area (Å²) in [6.45, 7) is 4.87. The summed E-state index contributed by atoms with van der Waals surface area (Å²) >= 11 is 0. The predicted molar refractivity (Wildman–Crippen MR) is 138 cm³/mol. The second-order valence-corrected chi connectivity index (χ2v) is 8.41. The Morgan fingerprint density at radius 2 is 1.89 bits per heavy atom. The SMILES string of the molecule is CCOc1ccc(C2=NN(Cc3ccc(NC(=O)c4ccccn4)cc3)C(=O)CC2CC)cc1OC. The number of hydrogen-bond acceptors (Lipinski definition) is 6. The average molecular weight is 487 g/mol. The predicted octanol–water partition coefficient (Wildman–Crippen LogP) is 4.90. The van der Waals surface area contributed by atoms with Crippen LogP contribution in [0, 0.1) is 5.92 Å². The van der Waals surface area contributed by atoms with Gasteiger partial charge in [-0.3, -0.25) is 14.6 Å². The van der Waals surface area contributed by atoms with Crippen molar-refractivity contribution in [3.63, 3.8) is 0 Å². The van der Waals surface area contributed by atoms with E-state index in [0.29, 0.717) is 42.5 Å². The first kappa shape index (κ1) is 24.9. The standard InChI is InChI=1S/C28H30N4O4/c1-4-20-17-26(33)32(31-27(20)21-11-14-24(36-5-2)25(16-21)35-3)18-19-9-12-22(13-10-19)30-28(34)23-8-6-7-15-29-23/h6-16,20H,4-5,17-18H2,1-3H3,(H,30,34). The molecule has 0 saturated carbocycles. The largest absolute Gasteiger partial charge is 0.493 e. The third-order valence-corrected chi connectivity index (χ3v) is 6.02. The highest BCUT2D eigenvalue weighted by molar-refractivity contribution is 6.06. The van der Waals surface area contributed by atoms with Gasteiger partial charge in [0.1, 0.15) is 5.69 Å². The number of anilines is 1. The molecule has 1 atom stereocenters. The summed E-state index contributed by atoms with van der Waals surface area (Å²) in [7, 11) is 1.61. The molecule has 0 spiro atoms. The van der Waals surface area contributed by atoms with Gasteiger partial charge in [-0.25, -0.2) is 5.01 Å². The summed E-state index contributed by atoms with van der Waals surface area (Å²) in [6, 6.07) is 18.3. The van der Waals surface area contributed by atoms with Gasteiger partial charge >= 0.3 is 0 Å². The van der Waals surface area contributed by atoms with Gasteiger partial charge in [0.15, 0.2) is 11.5 Å². The molecule has 2 heterocycles. The van der Waals surface area contributed by atoms with Crippen molar-refractivity contribution in [2.75, 3.05) is 19.0 Å². The van der Waals surface area contributed by atoms with Crippen LogP contribution in [-0.4, -0.2) is 41.2 Å². The van der Waals surface area contributed by atoms with E-state index in [1.807, 2.05) is 37.3 Å². The van der Waals surface area contributed by atoms with Crippen molar-refractivity contribution in [1.29, 1.82) is 0 Å². The minimum atomic E-state index is -0.278. The summed E-state index contributed by atoms with van der Waals surface area (Å²) in [5, 5.41) is 9.12. The molecule has 4 rings (SSSR count). The Balaban J connectivity index is 1.52. The molecule has 2 aromatic carbocycles. The topological polar surface area (TPSA) is 93.1 Å². The van der Waals surface area contributed by atoms with Gasteiger partial charge in [0.2, 0.25) is 5.91 Å². The zero-order valence-electron chi connectivity index (χ0n) is 20.7. The molecule has 1 aliphatic rings. The maximum Gasteiger partial charge on any atom is 0.274 e. The zero-order valence-corrected chi connectivity index (χ0v) is 20.7. The first-order valence-electron chi connectivity index (χ1n) is 12.0. The van der Waals surface area contributed by atoms with Gasteiger partial charge in [-0.2, -0.15) is 5.10 Å². The fourth-order valence-corrected chi connectivity index (χ4v) is 4.10. The van der Waals surface area contributed by atoms with Gasteiger partial charge < -0.3 is 14.8 Å². The number of ether oxygens (including phenoxy) is 2. The summed E-state index contributed by atoms with van der Waals surface area (Å²) in [5.41, 5.74) is 3.67. The highest BCUT2D eigenvalue weighted by Gasteiger charge is 2.29. The molecule has 8 nitrogen and oxygen atoms in total. The second kappa shape index (κ2) is 11.5. The Labute approximate surface area is 210 Å². The number of pyridine rings is 1. The zero-order chi connectivity index (χ0) is 25.5. The van der Waals surface area contributed by atoms with E-state index in [1.54, 1.807) is 43.6 Å². The fraction of sp³-hybridized carbons (Fsp3) is 0.286. The molecule has 1 aromatic heterocycles. The van der Waals surface area contributed by atoms with E-state index in [2.05, 4.69) is 17.2 Å². The Morgan fingerprint density at radius 1 is 1.08 bits per heavy atom. The van der Waals surface area contributed by atoms with Crippen LogP contribution in [-0.2, 0) is 11.3 Å². The molecule has 0 fully saturated rings. The van der Waals surface area contributed by atoms with Gasteiger partial charge in [0.25, 0.3) is 5.91 Å². The van der Waals surface area contributed by atoms with E-state index in [0.717, 1.165) is 23.3 Å². The first-order chi connectivity index (χ1) is 17.5. The first-order valence-corrected chi connectivity index (χ1v) is 12.0. The summed E-state index contributed by atoms with van der Waals surface area (Å²) in [6.07, 6.45) is 2.77. The van der Waals surface area contributed by atoms with Crippen LogP contribution in [0.4, 0.5) is 5.69 Å². The van der Waals surface area contributed by atoms with Gasteiger partial charge in [0.05, 0.1) is 26.0 Å². The molecule has 8 heteroatoms. The van der Waals surface area contributed by atoms with Crippen molar-refractivity contribution in [3.05, 3.63) is 83.7 Å². The highest BCUT2D eigenvalue weighted by Crippen LogP contribution is 2.32. The van der Waals surface area contributed by atoms with Crippen molar-refractivity contribution in [1.82, 2.24) is 9.99 Å². The van der Waals surface area contributed by atoms with Crippen LogP contribution in [0.1, 0.15) is 48.3 Å². The van der Waals surface area contributed by atoms with Crippen molar-refractivity contribution in [2.45, 2.75) is 33.2 Å². The third-order valence-electron chi connectivity index (χ3n) is 6.02. The molecule has 186 valence electrons. The van der Waals surface area contributed by atoms with Crippen LogP contribution < -0.4 is 14.8 Å². The van der Waals surface area contributed by atoms with Gasteiger partial charge in [0, 0.05) is 29.8 Å². The molecule has 36 heavy (non-hydrogen) atoms. The minimum Gasteiger partial charge on any atom is -0.493 e. The molecule has 1 aliphatic heterocycles. The number of carbonyl (C=O) groups excluding carboxylic acids is 2. The van der Waals surface area contributed by atoms with Crippen molar-refractivity contribution in [2.24, 2.45) is 11.0 Å². The van der Waals surface area contributed by atoms with Crippen LogP contribution in [0.3, 0.4) is 0 Å². The lowest BCUT2D eigenvalue weighted by molar-refractivity contribution is -0.133. The van der Waals surface area contributed by atoms with Crippen LogP contribution in [0.2, 0.25) is 0 Å². The smallest absolute Gasteiger partial charge is 0.274 e. The molecule has 1 N–H and O–H groups in total. The van der Waals surface area contributed by atoms with E-state index in [1.165, 1.54) is 5.01 Å². The number of nitrogens with zero attached hydrogens (tertiary/aromatic N) is 3. The van der Waals surface area contributed by atoms with Gasteiger partial charge in [-0.15, -0.1) is 0 Å². The molecule has 0 saturated heterocycles. The molecular weight excluding hydrogens is 456 g/mol. The number of hydrazone groups is 1. The number of carbonyl (C=O) groups is 2. The molecule has 1 unspecified atom stereocenters. The maximum absolute atomic E-state index is 12.9. The van der Waals surface area contributed by atoms with Gasteiger partial charge in [-0.05, 0) is 61.4 Å². The van der Waals surface area contributed by atoms with E-state index < -0.39 is 0 Å².